The molecule has 39 heavy (non-hydrogen) atoms. The number of aliphatic carboxylic acids is 1. The van der Waals surface area contributed by atoms with Crippen molar-refractivity contribution in [1.82, 2.24) is 9.62 Å². The van der Waals surface area contributed by atoms with Gasteiger partial charge in [-0.25, -0.2) is 8.42 Å². The third-order valence-corrected chi connectivity index (χ3v) is 8.80. The van der Waals surface area contributed by atoms with Crippen LogP contribution in [0.1, 0.15) is 43.4 Å². The normalized spacial score (nSPS) is 13.0. The molecule has 3 aromatic carbocycles. The van der Waals surface area contributed by atoms with E-state index in [1.807, 2.05) is 12.1 Å². The third-order valence-electron chi connectivity index (χ3n) is 6.98. The van der Waals surface area contributed by atoms with Gasteiger partial charge in [-0.3, -0.25) is 4.79 Å². The molecule has 0 spiro atoms. The van der Waals surface area contributed by atoms with Gasteiger partial charge in [-0.05, 0) is 80.0 Å². The molecule has 0 aliphatic heterocycles. The number of sulfonamides is 1. The molecule has 0 amide bonds. The summed E-state index contributed by atoms with van der Waals surface area (Å²) in [4.78, 5) is 11.0. The maximum absolute atomic E-state index is 13.3. The average molecular weight is 553 g/mol. The molecule has 0 unspecified atom stereocenters. The van der Waals surface area contributed by atoms with Gasteiger partial charge in [0.2, 0.25) is 10.0 Å². The molecule has 0 aliphatic rings. The molecule has 7 nitrogen and oxygen atoms in total. The van der Waals surface area contributed by atoms with Crippen molar-refractivity contribution in [2.24, 2.45) is 0 Å². The van der Waals surface area contributed by atoms with Crippen LogP contribution in [0.15, 0.2) is 77.7 Å². The number of β-amino-alcohol motifs (C(OH)–C–C–N with tert-alkyl or cyclic N) is 1. The molecule has 8 heteroatoms. The van der Waals surface area contributed by atoms with Crippen molar-refractivity contribution in [3.05, 3.63) is 89.5 Å². The van der Waals surface area contributed by atoms with Crippen LogP contribution in [-0.2, 0) is 27.7 Å². The average Bonchev–Trinajstić information content (AvgIpc) is 2.89. The zero-order valence-electron chi connectivity index (χ0n) is 23.2. The summed E-state index contributed by atoms with van der Waals surface area (Å²) >= 11 is 0. The first-order chi connectivity index (χ1) is 18.4. The number of hydrogen-bond donors (Lipinski definition) is 3. The Labute approximate surface area is 232 Å². The molecule has 3 aromatic rings. The number of carboxylic acid groups (broad SMARTS) is 1. The highest BCUT2D eigenvalue weighted by molar-refractivity contribution is 7.89. The Morgan fingerprint density at radius 2 is 1.69 bits per heavy atom. The number of likely N-dealkylation sites (N-methyl/N-ethyl adjacent to an activating group) is 1. The largest absolute Gasteiger partial charge is 0.481 e. The molecular weight excluding hydrogens is 512 g/mol. The quantitative estimate of drug-likeness (QED) is 0.269. The fourth-order valence-electron chi connectivity index (χ4n) is 4.56. The van der Waals surface area contributed by atoms with Crippen molar-refractivity contribution in [2.45, 2.75) is 63.0 Å². The first kappa shape index (κ1) is 30.5. The summed E-state index contributed by atoms with van der Waals surface area (Å²) in [7, 11) is -2.35. The van der Waals surface area contributed by atoms with Crippen LogP contribution in [0.4, 0.5) is 0 Å². The lowest BCUT2D eigenvalue weighted by molar-refractivity contribution is -0.136. The Kier molecular flexibility index (Phi) is 10.4. The maximum Gasteiger partial charge on any atom is 0.307 e. The number of rotatable bonds is 14. The Hall–Kier alpha value is -3.04. The van der Waals surface area contributed by atoms with E-state index in [2.05, 4.69) is 44.3 Å². The van der Waals surface area contributed by atoms with E-state index < -0.39 is 22.1 Å². The third kappa shape index (κ3) is 9.00. The zero-order valence-corrected chi connectivity index (χ0v) is 24.0. The minimum atomic E-state index is -3.82. The highest BCUT2D eigenvalue weighted by Gasteiger charge is 2.25. The first-order valence-electron chi connectivity index (χ1n) is 13.2. The van der Waals surface area contributed by atoms with Crippen LogP contribution < -0.4 is 5.32 Å². The van der Waals surface area contributed by atoms with E-state index in [4.69, 9.17) is 5.11 Å². The van der Waals surface area contributed by atoms with Crippen LogP contribution in [0.2, 0.25) is 0 Å². The van der Waals surface area contributed by atoms with Crippen molar-refractivity contribution in [2.75, 3.05) is 20.1 Å². The fourth-order valence-corrected chi connectivity index (χ4v) is 5.81. The molecule has 0 bridgehead atoms. The smallest absolute Gasteiger partial charge is 0.307 e. The van der Waals surface area contributed by atoms with E-state index in [0.29, 0.717) is 11.1 Å². The van der Waals surface area contributed by atoms with Crippen LogP contribution in [-0.4, -0.2) is 60.7 Å². The van der Waals surface area contributed by atoms with Crippen molar-refractivity contribution in [1.29, 1.82) is 0 Å². The summed E-state index contributed by atoms with van der Waals surface area (Å²) in [5, 5.41) is 23.0. The van der Waals surface area contributed by atoms with Gasteiger partial charge < -0.3 is 15.5 Å². The minimum Gasteiger partial charge on any atom is -0.481 e. The Morgan fingerprint density at radius 1 is 1.00 bits per heavy atom. The zero-order chi connectivity index (χ0) is 28.6. The lowest BCUT2D eigenvalue weighted by Gasteiger charge is -2.29. The summed E-state index contributed by atoms with van der Waals surface area (Å²) in [5.41, 5.74) is 4.61. The molecule has 0 aromatic heterocycles. The van der Waals surface area contributed by atoms with Gasteiger partial charge in [0.1, 0.15) is 0 Å². The number of carboxylic acids is 1. The van der Waals surface area contributed by atoms with Gasteiger partial charge in [-0.15, -0.1) is 0 Å². The van der Waals surface area contributed by atoms with Crippen molar-refractivity contribution >= 4 is 16.0 Å². The lowest BCUT2D eigenvalue weighted by atomic mass is 9.94. The molecule has 210 valence electrons. The number of hydrogen-bond acceptors (Lipinski definition) is 5. The molecule has 3 rings (SSSR count). The SMILES string of the molecule is Cc1ccccc1CCCC(C)(C)NC[C@@H](O)CN(C)S(=O)(=O)c1cccc(-c2ccc(CC(=O)O)cc2)c1. The van der Waals surface area contributed by atoms with E-state index in [0.717, 1.165) is 24.8 Å². The molecule has 0 radical (unpaired) electrons. The van der Waals surface area contributed by atoms with Crippen molar-refractivity contribution in [3.63, 3.8) is 0 Å². The number of aryl methyl sites for hydroxylation is 2. The van der Waals surface area contributed by atoms with Gasteiger partial charge in [-0.1, -0.05) is 60.7 Å². The van der Waals surface area contributed by atoms with Crippen molar-refractivity contribution in [3.8, 4) is 11.1 Å². The number of aliphatic hydroxyl groups excluding tert-OH is 1. The first-order valence-corrected chi connectivity index (χ1v) is 14.7. The highest BCUT2D eigenvalue weighted by Crippen LogP contribution is 2.25. The number of nitrogens with zero attached hydrogens (tertiary/aromatic N) is 1. The number of benzene rings is 3. The lowest BCUT2D eigenvalue weighted by Crippen LogP contribution is -2.46. The second-order valence-electron chi connectivity index (χ2n) is 10.8. The van der Waals surface area contributed by atoms with Gasteiger partial charge in [0, 0.05) is 25.7 Å². The summed E-state index contributed by atoms with van der Waals surface area (Å²) < 4.78 is 27.7. The Morgan fingerprint density at radius 3 is 2.36 bits per heavy atom. The molecule has 0 saturated heterocycles. The van der Waals surface area contributed by atoms with E-state index in [1.54, 1.807) is 36.4 Å². The predicted molar refractivity (Wildman–Crippen MR) is 155 cm³/mol. The van der Waals surface area contributed by atoms with Crippen molar-refractivity contribution < 1.29 is 23.4 Å². The summed E-state index contributed by atoms with van der Waals surface area (Å²) in [5.74, 6) is -0.905. The molecule has 1 atom stereocenters. The van der Waals surface area contributed by atoms with E-state index in [9.17, 15) is 18.3 Å². The molecular formula is C31H40N2O5S. The van der Waals surface area contributed by atoms with Crippen LogP contribution in [0.25, 0.3) is 11.1 Å². The molecule has 0 aliphatic carbocycles. The Bertz CT molecular complexity index is 1350. The molecule has 3 N–H and O–H groups in total. The van der Waals surface area contributed by atoms with E-state index in [1.165, 1.54) is 28.5 Å². The van der Waals surface area contributed by atoms with Gasteiger partial charge in [0.05, 0.1) is 17.4 Å². The van der Waals surface area contributed by atoms with Gasteiger partial charge in [0.15, 0.2) is 0 Å². The molecule has 0 saturated carbocycles. The van der Waals surface area contributed by atoms with Gasteiger partial charge >= 0.3 is 5.97 Å². The summed E-state index contributed by atoms with van der Waals surface area (Å²) in [6.45, 7) is 6.55. The van der Waals surface area contributed by atoms with Crippen LogP contribution in [0.3, 0.4) is 0 Å². The Balaban J connectivity index is 1.55. The van der Waals surface area contributed by atoms with Gasteiger partial charge in [0.25, 0.3) is 0 Å². The van der Waals surface area contributed by atoms with Crippen LogP contribution in [0, 0.1) is 6.92 Å². The second kappa shape index (κ2) is 13.3. The summed E-state index contributed by atoms with van der Waals surface area (Å²) in [6.07, 6.45) is 1.99. The maximum atomic E-state index is 13.3. The monoisotopic (exact) mass is 552 g/mol. The topological polar surface area (TPSA) is 107 Å². The fraction of sp³-hybridized carbons (Fsp3) is 0.387. The van der Waals surface area contributed by atoms with Crippen LogP contribution in [0.5, 0.6) is 0 Å². The molecule has 0 fully saturated rings. The number of nitrogens with one attached hydrogen (secondary N) is 1. The van der Waals surface area contributed by atoms with E-state index in [-0.39, 0.29) is 29.9 Å². The van der Waals surface area contributed by atoms with E-state index >= 15 is 0 Å². The van der Waals surface area contributed by atoms with Crippen LogP contribution >= 0.6 is 0 Å². The van der Waals surface area contributed by atoms with Gasteiger partial charge in [-0.2, -0.15) is 4.31 Å². The highest BCUT2D eigenvalue weighted by atomic mass is 32.2. The predicted octanol–water partition coefficient (Wildman–Crippen LogP) is 4.66. The summed E-state index contributed by atoms with van der Waals surface area (Å²) in [6, 6.07) is 22.0. The number of carbonyl (C=O) groups is 1. The standard InChI is InChI=1S/C31H40N2O5S/c1-23-9-5-6-10-25(23)12-8-18-31(2,3)32-21-28(34)22-33(4)39(37,38)29-13-7-11-27(20-29)26-16-14-24(15-17-26)19-30(35)36/h5-7,9-11,13-17,20,28,32,34H,8,12,18-19,21-22H2,1-4H3,(H,35,36)/t28-/m1/s1. The second-order valence-corrected chi connectivity index (χ2v) is 12.8. The minimum absolute atomic E-state index is 0.0390. The molecule has 0 heterocycles. The number of aliphatic hydroxyl groups is 1.